The Kier molecular flexibility index (Phi) is 5.96. The Labute approximate surface area is 139 Å². The van der Waals surface area contributed by atoms with Gasteiger partial charge in [0, 0.05) is 15.6 Å². The first-order chi connectivity index (χ1) is 10.6. The van der Waals surface area contributed by atoms with Gasteiger partial charge in [-0.25, -0.2) is 0 Å². The zero-order valence-corrected chi connectivity index (χ0v) is 14.4. The van der Waals surface area contributed by atoms with Gasteiger partial charge in [0.1, 0.15) is 5.75 Å². The van der Waals surface area contributed by atoms with Gasteiger partial charge < -0.3 is 4.74 Å². The van der Waals surface area contributed by atoms with Crippen molar-refractivity contribution >= 4 is 27.8 Å². The number of aryl methyl sites for hydroxylation is 1. The fourth-order valence-corrected chi connectivity index (χ4v) is 2.43. The number of carbonyl (C=O) groups is 1. The van der Waals surface area contributed by atoms with Crippen LogP contribution in [0.4, 0.5) is 0 Å². The van der Waals surface area contributed by atoms with Crippen molar-refractivity contribution in [1.82, 2.24) is 0 Å². The lowest BCUT2D eigenvalue weighted by Crippen LogP contribution is -1.98. The van der Waals surface area contributed by atoms with Gasteiger partial charge in [0.05, 0.1) is 6.61 Å². The average molecular weight is 359 g/mol. The topological polar surface area (TPSA) is 26.3 Å². The van der Waals surface area contributed by atoms with Gasteiger partial charge in [0.15, 0.2) is 5.78 Å². The Bertz CT molecular complexity index is 690. The van der Waals surface area contributed by atoms with Crippen molar-refractivity contribution in [2.45, 2.75) is 20.3 Å². The summed E-state index contributed by atoms with van der Waals surface area (Å²) < 4.78 is 6.67. The van der Waals surface area contributed by atoms with Crippen molar-refractivity contribution in [2.24, 2.45) is 0 Å². The molecule has 2 nitrogen and oxygen atoms in total. The second-order valence-electron chi connectivity index (χ2n) is 5.10. The third-order valence-electron chi connectivity index (χ3n) is 3.15. The normalized spacial score (nSPS) is 10.9. The first kappa shape index (κ1) is 16.5. The second-order valence-corrected chi connectivity index (χ2v) is 6.01. The van der Waals surface area contributed by atoms with Gasteiger partial charge >= 0.3 is 0 Å². The summed E-state index contributed by atoms with van der Waals surface area (Å²) in [6.07, 6.45) is 4.34. The van der Waals surface area contributed by atoms with Gasteiger partial charge in [0.2, 0.25) is 0 Å². The molecule has 0 aliphatic carbocycles. The summed E-state index contributed by atoms with van der Waals surface area (Å²) >= 11 is 3.45. The number of rotatable bonds is 6. The van der Waals surface area contributed by atoms with E-state index in [1.807, 2.05) is 49.4 Å². The second kappa shape index (κ2) is 7.95. The smallest absolute Gasteiger partial charge is 0.185 e. The number of benzene rings is 2. The number of ether oxygens (including phenoxy) is 1. The maximum Gasteiger partial charge on any atom is 0.185 e. The highest BCUT2D eigenvalue weighted by molar-refractivity contribution is 9.10. The largest absolute Gasteiger partial charge is 0.493 e. The van der Waals surface area contributed by atoms with Crippen molar-refractivity contribution in [3.8, 4) is 5.75 Å². The van der Waals surface area contributed by atoms with Gasteiger partial charge in [-0.2, -0.15) is 0 Å². The van der Waals surface area contributed by atoms with Crippen LogP contribution in [0.15, 0.2) is 53.0 Å². The Morgan fingerprint density at radius 3 is 2.77 bits per heavy atom. The van der Waals surface area contributed by atoms with Crippen LogP contribution in [0, 0.1) is 6.92 Å². The van der Waals surface area contributed by atoms with Crippen LogP contribution in [0.2, 0.25) is 0 Å². The van der Waals surface area contributed by atoms with E-state index in [0.717, 1.165) is 27.8 Å². The Hall–Kier alpha value is -1.87. The quantitative estimate of drug-likeness (QED) is 0.507. The van der Waals surface area contributed by atoms with E-state index in [-0.39, 0.29) is 5.78 Å². The van der Waals surface area contributed by atoms with Crippen molar-refractivity contribution in [2.75, 3.05) is 6.61 Å². The summed E-state index contributed by atoms with van der Waals surface area (Å²) in [7, 11) is 0. The molecule has 2 aromatic carbocycles. The molecule has 3 heteroatoms. The zero-order chi connectivity index (χ0) is 15.9. The summed E-state index contributed by atoms with van der Waals surface area (Å²) in [6.45, 7) is 4.70. The highest BCUT2D eigenvalue weighted by Gasteiger charge is 2.05. The van der Waals surface area contributed by atoms with Crippen LogP contribution in [-0.2, 0) is 0 Å². The average Bonchev–Trinajstić information content (AvgIpc) is 2.51. The fourth-order valence-electron chi connectivity index (χ4n) is 2.05. The third-order valence-corrected chi connectivity index (χ3v) is 3.64. The molecule has 0 radical (unpaired) electrons. The molecular weight excluding hydrogens is 340 g/mol. The Morgan fingerprint density at radius 1 is 1.23 bits per heavy atom. The first-order valence-corrected chi connectivity index (χ1v) is 8.11. The molecule has 0 aliphatic heterocycles. The molecule has 2 aromatic rings. The first-order valence-electron chi connectivity index (χ1n) is 7.31. The van der Waals surface area contributed by atoms with Crippen LogP contribution in [0.5, 0.6) is 5.75 Å². The minimum absolute atomic E-state index is 0.00915. The molecule has 0 fully saturated rings. The van der Waals surface area contributed by atoms with E-state index in [9.17, 15) is 4.79 Å². The molecule has 0 saturated heterocycles. The van der Waals surface area contributed by atoms with Crippen molar-refractivity contribution in [1.29, 1.82) is 0 Å². The lowest BCUT2D eigenvalue weighted by atomic mass is 10.1. The van der Waals surface area contributed by atoms with E-state index < -0.39 is 0 Å². The van der Waals surface area contributed by atoms with E-state index in [1.54, 1.807) is 12.2 Å². The number of hydrogen-bond donors (Lipinski definition) is 0. The van der Waals surface area contributed by atoms with Crippen LogP contribution in [0.1, 0.15) is 34.8 Å². The molecule has 22 heavy (non-hydrogen) atoms. The van der Waals surface area contributed by atoms with Crippen LogP contribution >= 0.6 is 15.9 Å². The zero-order valence-electron chi connectivity index (χ0n) is 12.8. The predicted octanol–water partition coefficient (Wildman–Crippen LogP) is 5.44. The van der Waals surface area contributed by atoms with Gasteiger partial charge in [-0.3, -0.25) is 4.79 Å². The molecule has 2 rings (SSSR count). The molecule has 0 amide bonds. The molecular formula is C19H19BrO2. The predicted molar refractivity (Wildman–Crippen MR) is 94.5 cm³/mol. The summed E-state index contributed by atoms with van der Waals surface area (Å²) in [5.74, 6) is 0.781. The van der Waals surface area contributed by atoms with E-state index in [0.29, 0.717) is 12.2 Å². The van der Waals surface area contributed by atoms with Gasteiger partial charge in [0.25, 0.3) is 0 Å². The molecule has 0 bridgehead atoms. The molecule has 0 unspecified atom stereocenters. The molecule has 0 saturated carbocycles. The van der Waals surface area contributed by atoms with Crippen LogP contribution in [0.3, 0.4) is 0 Å². The van der Waals surface area contributed by atoms with Crippen molar-refractivity contribution in [3.63, 3.8) is 0 Å². The highest BCUT2D eigenvalue weighted by atomic mass is 79.9. The number of carbonyl (C=O) groups excluding carboxylic acids is 1. The monoisotopic (exact) mass is 358 g/mol. The van der Waals surface area contributed by atoms with Crippen molar-refractivity contribution in [3.05, 3.63) is 69.7 Å². The van der Waals surface area contributed by atoms with Gasteiger partial charge in [-0.1, -0.05) is 46.6 Å². The molecule has 0 spiro atoms. The number of ketones is 1. The van der Waals surface area contributed by atoms with Gasteiger partial charge in [-0.05, 0) is 49.8 Å². The van der Waals surface area contributed by atoms with Crippen LogP contribution < -0.4 is 4.74 Å². The Balaban J connectivity index is 2.21. The summed E-state index contributed by atoms with van der Waals surface area (Å²) in [6, 6.07) is 13.4. The molecule has 0 atom stereocenters. The summed E-state index contributed by atoms with van der Waals surface area (Å²) in [4.78, 5) is 12.2. The summed E-state index contributed by atoms with van der Waals surface area (Å²) in [5, 5.41) is 0. The lowest BCUT2D eigenvalue weighted by molar-refractivity contribution is 0.104. The van der Waals surface area contributed by atoms with Crippen molar-refractivity contribution < 1.29 is 9.53 Å². The van der Waals surface area contributed by atoms with E-state index in [4.69, 9.17) is 4.74 Å². The standard InChI is InChI=1S/C19H19BrO2/c1-3-11-22-19-10-8-17(20)13-16(19)7-9-18(21)15-6-4-5-14(2)12-15/h4-10,12-13H,3,11H2,1-2H3/b9-7+. The minimum atomic E-state index is -0.00915. The SMILES string of the molecule is CCCOc1ccc(Br)cc1/C=C/C(=O)c1cccc(C)c1. The lowest BCUT2D eigenvalue weighted by Gasteiger charge is -2.08. The molecule has 0 aliphatic rings. The number of halogens is 1. The maximum atomic E-state index is 12.2. The third kappa shape index (κ3) is 4.57. The molecule has 0 aromatic heterocycles. The Morgan fingerprint density at radius 2 is 2.05 bits per heavy atom. The number of allylic oxidation sites excluding steroid dienone is 1. The van der Waals surface area contributed by atoms with Crippen LogP contribution in [0.25, 0.3) is 6.08 Å². The molecule has 0 heterocycles. The van der Waals surface area contributed by atoms with Crippen LogP contribution in [-0.4, -0.2) is 12.4 Å². The van der Waals surface area contributed by atoms with E-state index in [2.05, 4.69) is 22.9 Å². The van der Waals surface area contributed by atoms with E-state index in [1.165, 1.54) is 0 Å². The maximum absolute atomic E-state index is 12.2. The number of hydrogen-bond acceptors (Lipinski definition) is 2. The molecule has 114 valence electrons. The highest BCUT2D eigenvalue weighted by Crippen LogP contribution is 2.25. The minimum Gasteiger partial charge on any atom is -0.493 e. The summed E-state index contributed by atoms with van der Waals surface area (Å²) in [5.41, 5.74) is 2.67. The molecule has 0 N–H and O–H groups in total. The van der Waals surface area contributed by atoms with Gasteiger partial charge in [-0.15, -0.1) is 0 Å². The fraction of sp³-hybridized carbons (Fsp3) is 0.211. The van der Waals surface area contributed by atoms with E-state index >= 15 is 0 Å².